The Bertz CT molecular complexity index is 1180. The number of rotatable bonds is 4. The third-order valence-corrected chi connectivity index (χ3v) is 5.92. The van der Waals surface area contributed by atoms with Crippen LogP contribution in [0.25, 0.3) is 16.9 Å². The number of nitrogens with zero attached hydrogens (tertiary/aromatic N) is 2. The highest BCUT2D eigenvalue weighted by Gasteiger charge is 2.42. The van der Waals surface area contributed by atoms with Gasteiger partial charge in [0.15, 0.2) is 5.69 Å². The zero-order valence-electron chi connectivity index (χ0n) is 18.1. The standard InChI is InChI=1S/C24H24Cl2N2O3/c1-6-30-23(29)21-20-22(28(27-21)18-10-8-15(25)12-17(18)26)16-9-7-14(13(2)3)11-19(16)31-24(20,4)5/h7-13H,6H2,1-5H3. The highest BCUT2D eigenvalue weighted by Crippen LogP contribution is 2.48. The number of hydrogen-bond donors (Lipinski definition) is 0. The van der Waals surface area contributed by atoms with Gasteiger partial charge in [0.05, 0.1) is 28.6 Å². The Morgan fingerprint density at radius 3 is 2.58 bits per heavy atom. The Hall–Kier alpha value is -2.50. The molecule has 2 heterocycles. The highest BCUT2D eigenvalue weighted by atomic mass is 35.5. The molecule has 31 heavy (non-hydrogen) atoms. The molecule has 0 spiro atoms. The van der Waals surface area contributed by atoms with E-state index in [-0.39, 0.29) is 12.3 Å². The Kier molecular flexibility index (Phi) is 5.52. The predicted molar refractivity (Wildman–Crippen MR) is 123 cm³/mol. The molecule has 0 N–H and O–H groups in total. The van der Waals surface area contributed by atoms with Gasteiger partial charge in [-0.05, 0) is 62.6 Å². The van der Waals surface area contributed by atoms with Gasteiger partial charge in [-0.1, -0.05) is 43.1 Å². The Morgan fingerprint density at radius 1 is 1.19 bits per heavy atom. The molecular weight excluding hydrogens is 435 g/mol. The van der Waals surface area contributed by atoms with Crippen molar-refractivity contribution in [2.45, 2.75) is 46.1 Å². The fourth-order valence-electron chi connectivity index (χ4n) is 3.91. The minimum atomic E-state index is -0.808. The molecule has 0 bridgehead atoms. The van der Waals surface area contributed by atoms with Gasteiger partial charge in [0.1, 0.15) is 11.4 Å². The van der Waals surface area contributed by atoms with Crippen molar-refractivity contribution >= 4 is 29.2 Å². The zero-order chi connectivity index (χ0) is 22.5. The van der Waals surface area contributed by atoms with Crippen LogP contribution in [0.1, 0.15) is 62.2 Å². The maximum atomic E-state index is 12.8. The van der Waals surface area contributed by atoms with Gasteiger partial charge in [0.2, 0.25) is 0 Å². The summed E-state index contributed by atoms with van der Waals surface area (Å²) < 4.78 is 13.4. The normalized spacial score (nSPS) is 14.1. The Morgan fingerprint density at radius 2 is 1.94 bits per heavy atom. The van der Waals surface area contributed by atoms with Crippen LogP contribution in [0.5, 0.6) is 5.75 Å². The van der Waals surface area contributed by atoms with Crippen molar-refractivity contribution in [1.82, 2.24) is 9.78 Å². The van der Waals surface area contributed by atoms with Gasteiger partial charge in [0, 0.05) is 10.6 Å². The maximum Gasteiger partial charge on any atom is 0.359 e. The lowest BCUT2D eigenvalue weighted by Gasteiger charge is -2.34. The SMILES string of the molecule is CCOC(=O)c1nn(-c2ccc(Cl)cc2Cl)c2c1C(C)(C)Oc1cc(C(C)C)ccc1-2. The van der Waals surface area contributed by atoms with Gasteiger partial charge in [-0.15, -0.1) is 0 Å². The first-order chi connectivity index (χ1) is 14.6. The van der Waals surface area contributed by atoms with Crippen molar-refractivity contribution in [3.8, 4) is 22.7 Å². The van der Waals surface area contributed by atoms with E-state index < -0.39 is 11.6 Å². The van der Waals surface area contributed by atoms with E-state index in [1.54, 1.807) is 29.8 Å². The summed E-state index contributed by atoms with van der Waals surface area (Å²) in [4.78, 5) is 12.8. The van der Waals surface area contributed by atoms with Crippen molar-refractivity contribution in [1.29, 1.82) is 0 Å². The van der Waals surface area contributed by atoms with Crippen molar-refractivity contribution in [3.63, 3.8) is 0 Å². The second-order valence-corrected chi connectivity index (χ2v) is 9.17. The number of fused-ring (bicyclic) bond motifs is 3. The van der Waals surface area contributed by atoms with Crippen molar-refractivity contribution in [2.75, 3.05) is 6.61 Å². The highest BCUT2D eigenvalue weighted by molar-refractivity contribution is 6.35. The summed E-state index contributed by atoms with van der Waals surface area (Å²) in [6.07, 6.45) is 0. The van der Waals surface area contributed by atoms with Gasteiger partial charge in [-0.3, -0.25) is 0 Å². The summed E-state index contributed by atoms with van der Waals surface area (Å²) in [5.74, 6) is 0.593. The van der Waals surface area contributed by atoms with Crippen LogP contribution in [0.3, 0.4) is 0 Å². The van der Waals surface area contributed by atoms with Crippen molar-refractivity contribution < 1.29 is 14.3 Å². The van der Waals surface area contributed by atoms with E-state index in [0.717, 1.165) is 17.0 Å². The molecule has 0 saturated carbocycles. The molecule has 2 aromatic carbocycles. The van der Waals surface area contributed by atoms with Gasteiger partial charge in [-0.2, -0.15) is 5.10 Å². The van der Waals surface area contributed by atoms with Crippen LogP contribution in [0.4, 0.5) is 0 Å². The summed E-state index contributed by atoms with van der Waals surface area (Å²) in [5, 5.41) is 5.61. The first-order valence-corrected chi connectivity index (χ1v) is 11.0. The lowest BCUT2D eigenvalue weighted by Crippen LogP contribution is -2.31. The lowest BCUT2D eigenvalue weighted by atomic mass is 9.87. The van der Waals surface area contributed by atoms with Gasteiger partial charge in [-0.25, -0.2) is 9.48 Å². The van der Waals surface area contributed by atoms with Crippen LogP contribution in [-0.2, 0) is 10.3 Å². The number of esters is 1. The zero-order valence-corrected chi connectivity index (χ0v) is 19.6. The second-order valence-electron chi connectivity index (χ2n) is 8.32. The molecule has 4 rings (SSSR count). The average molecular weight is 459 g/mol. The largest absolute Gasteiger partial charge is 0.482 e. The number of hydrogen-bond acceptors (Lipinski definition) is 4. The number of halogens is 2. The molecule has 7 heteroatoms. The van der Waals surface area contributed by atoms with Crippen LogP contribution in [0.2, 0.25) is 10.0 Å². The number of carbonyl (C=O) groups is 1. The molecule has 0 fully saturated rings. The predicted octanol–water partition coefficient (Wildman–Crippen LogP) is 6.77. The van der Waals surface area contributed by atoms with E-state index in [1.807, 2.05) is 19.9 Å². The molecule has 0 amide bonds. The third kappa shape index (κ3) is 3.70. The van der Waals surface area contributed by atoms with E-state index in [4.69, 9.17) is 32.7 Å². The third-order valence-electron chi connectivity index (χ3n) is 5.39. The van der Waals surface area contributed by atoms with Gasteiger partial charge >= 0.3 is 5.97 Å². The molecule has 3 aromatic rings. The fourth-order valence-corrected chi connectivity index (χ4v) is 4.40. The Labute approximate surface area is 191 Å². The number of aromatic nitrogens is 2. The molecule has 5 nitrogen and oxygen atoms in total. The molecule has 0 atom stereocenters. The second kappa shape index (κ2) is 7.88. The first kappa shape index (κ1) is 21.7. The van der Waals surface area contributed by atoms with E-state index >= 15 is 0 Å². The summed E-state index contributed by atoms with van der Waals surface area (Å²) >= 11 is 12.6. The number of benzene rings is 2. The quantitative estimate of drug-likeness (QED) is 0.404. The van der Waals surface area contributed by atoms with E-state index in [9.17, 15) is 4.79 Å². The minimum absolute atomic E-state index is 0.214. The molecule has 0 aliphatic carbocycles. The summed E-state index contributed by atoms with van der Waals surface area (Å²) in [7, 11) is 0. The topological polar surface area (TPSA) is 53.3 Å². The monoisotopic (exact) mass is 458 g/mol. The molecule has 1 aromatic heterocycles. The van der Waals surface area contributed by atoms with Crippen LogP contribution in [0.15, 0.2) is 36.4 Å². The molecule has 0 saturated heterocycles. The van der Waals surface area contributed by atoms with Gasteiger partial charge in [0.25, 0.3) is 0 Å². The van der Waals surface area contributed by atoms with Crippen molar-refractivity contribution in [3.05, 3.63) is 63.3 Å². The minimum Gasteiger partial charge on any atom is -0.482 e. The summed E-state index contributed by atoms with van der Waals surface area (Å²) in [6, 6.07) is 11.3. The molecule has 1 aliphatic rings. The van der Waals surface area contributed by atoms with E-state index in [2.05, 4.69) is 31.1 Å². The molecule has 0 radical (unpaired) electrons. The molecule has 1 aliphatic heterocycles. The van der Waals surface area contributed by atoms with Crippen LogP contribution < -0.4 is 4.74 Å². The number of ether oxygens (including phenoxy) is 2. The average Bonchev–Trinajstić information content (AvgIpc) is 3.09. The fraction of sp³-hybridized carbons (Fsp3) is 0.333. The molecule has 162 valence electrons. The van der Waals surface area contributed by atoms with Gasteiger partial charge < -0.3 is 9.47 Å². The van der Waals surface area contributed by atoms with Crippen LogP contribution in [-0.4, -0.2) is 22.4 Å². The maximum absolute atomic E-state index is 12.8. The summed E-state index contributed by atoms with van der Waals surface area (Å²) in [6.45, 7) is 10.1. The first-order valence-electron chi connectivity index (χ1n) is 10.2. The Balaban J connectivity index is 2.06. The molecule has 0 unspecified atom stereocenters. The summed E-state index contributed by atoms with van der Waals surface area (Å²) in [5.41, 5.74) is 3.46. The number of carbonyl (C=O) groups excluding carboxylic acids is 1. The van der Waals surface area contributed by atoms with Crippen molar-refractivity contribution in [2.24, 2.45) is 0 Å². The van der Waals surface area contributed by atoms with E-state index in [0.29, 0.717) is 27.2 Å². The van der Waals surface area contributed by atoms with Crippen LogP contribution in [0, 0.1) is 0 Å². The molecular formula is C24H24Cl2N2O3. The lowest BCUT2D eigenvalue weighted by molar-refractivity contribution is 0.0500. The van der Waals surface area contributed by atoms with E-state index in [1.165, 1.54) is 5.56 Å². The smallest absolute Gasteiger partial charge is 0.359 e. The van der Waals surface area contributed by atoms with Crippen LogP contribution >= 0.6 is 23.2 Å².